The Bertz CT molecular complexity index is 697. The first-order valence-corrected chi connectivity index (χ1v) is 9.88. The normalized spacial score (nSPS) is 17.4. The molecule has 156 valence electrons. The zero-order chi connectivity index (χ0) is 20.7. The van der Waals surface area contributed by atoms with Gasteiger partial charge in [0, 0.05) is 19.6 Å². The average molecular weight is 391 g/mol. The second kappa shape index (κ2) is 9.66. The summed E-state index contributed by atoms with van der Waals surface area (Å²) in [4.78, 5) is 19.0. The number of aryl methyl sites for hydroxylation is 1. The lowest BCUT2D eigenvalue weighted by Crippen LogP contribution is -2.44. The molecule has 1 aromatic rings. The zero-order valence-corrected chi connectivity index (χ0v) is 18.0. The molecule has 1 aliphatic heterocycles. The van der Waals surface area contributed by atoms with Crippen molar-refractivity contribution in [1.29, 1.82) is 0 Å². The molecule has 0 bridgehead atoms. The van der Waals surface area contributed by atoms with Gasteiger partial charge in [-0.1, -0.05) is 12.1 Å². The highest BCUT2D eigenvalue weighted by Crippen LogP contribution is 2.19. The van der Waals surface area contributed by atoms with E-state index in [4.69, 9.17) is 14.5 Å². The molecule has 7 nitrogen and oxygen atoms in total. The lowest BCUT2D eigenvalue weighted by atomic mass is 10.1. The van der Waals surface area contributed by atoms with Crippen molar-refractivity contribution in [3.8, 4) is 5.75 Å². The maximum absolute atomic E-state index is 12.0. The van der Waals surface area contributed by atoms with Crippen LogP contribution in [-0.4, -0.2) is 55.3 Å². The number of aliphatic imine (C=N–C) groups is 1. The monoisotopic (exact) mass is 390 g/mol. The molecule has 2 rings (SSSR count). The van der Waals surface area contributed by atoms with Gasteiger partial charge in [-0.25, -0.2) is 9.79 Å². The highest BCUT2D eigenvalue weighted by molar-refractivity contribution is 5.80. The molecule has 0 aliphatic carbocycles. The van der Waals surface area contributed by atoms with Crippen molar-refractivity contribution in [3.63, 3.8) is 0 Å². The summed E-state index contributed by atoms with van der Waals surface area (Å²) in [6.45, 7) is 12.6. The third-order valence-electron chi connectivity index (χ3n) is 4.41. The molecule has 1 unspecified atom stereocenters. The van der Waals surface area contributed by atoms with Crippen LogP contribution in [0.1, 0.15) is 45.2 Å². The van der Waals surface area contributed by atoms with Gasteiger partial charge in [-0.3, -0.25) is 0 Å². The van der Waals surface area contributed by atoms with E-state index in [-0.39, 0.29) is 12.1 Å². The zero-order valence-electron chi connectivity index (χ0n) is 18.0. The van der Waals surface area contributed by atoms with Crippen molar-refractivity contribution >= 4 is 12.1 Å². The Morgan fingerprint density at radius 1 is 1.36 bits per heavy atom. The number of alkyl carbamates (subject to hydrolysis) is 1. The fraction of sp³-hybridized carbons (Fsp3) is 0.619. The average Bonchev–Trinajstić information content (AvgIpc) is 3.05. The number of nitrogens with one attached hydrogen (secondary N) is 2. The van der Waals surface area contributed by atoms with Crippen LogP contribution in [0.5, 0.6) is 5.75 Å². The van der Waals surface area contributed by atoms with Crippen LogP contribution >= 0.6 is 0 Å². The van der Waals surface area contributed by atoms with Crippen LogP contribution in [0, 0.1) is 6.92 Å². The molecule has 0 spiro atoms. The molecular formula is C21H34N4O3. The van der Waals surface area contributed by atoms with E-state index in [9.17, 15) is 4.79 Å². The largest absolute Gasteiger partial charge is 0.496 e. The number of carbonyl (C=O) groups is 1. The van der Waals surface area contributed by atoms with Gasteiger partial charge in [0.2, 0.25) is 0 Å². The van der Waals surface area contributed by atoms with Gasteiger partial charge in [0.25, 0.3) is 0 Å². The maximum atomic E-state index is 12.0. The van der Waals surface area contributed by atoms with Gasteiger partial charge in [-0.2, -0.15) is 0 Å². The Morgan fingerprint density at radius 2 is 2.11 bits per heavy atom. The fourth-order valence-corrected chi connectivity index (χ4v) is 3.18. The van der Waals surface area contributed by atoms with Crippen molar-refractivity contribution in [2.45, 2.75) is 59.2 Å². The molecule has 1 heterocycles. The fourth-order valence-electron chi connectivity index (χ4n) is 3.18. The summed E-state index contributed by atoms with van der Waals surface area (Å²) in [5, 5.41) is 6.31. The van der Waals surface area contributed by atoms with Crippen molar-refractivity contribution in [2.24, 2.45) is 4.99 Å². The van der Waals surface area contributed by atoms with Crippen LogP contribution in [0.3, 0.4) is 0 Å². The van der Waals surface area contributed by atoms with E-state index in [0.29, 0.717) is 13.1 Å². The highest BCUT2D eigenvalue weighted by atomic mass is 16.6. The van der Waals surface area contributed by atoms with Crippen molar-refractivity contribution in [3.05, 3.63) is 29.3 Å². The Hall–Kier alpha value is -2.44. The summed E-state index contributed by atoms with van der Waals surface area (Å²) in [6.07, 6.45) is 0.501. The van der Waals surface area contributed by atoms with Crippen LogP contribution in [0.2, 0.25) is 0 Å². The number of likely N-dealkylation sites (tertiary alicyclic amines) is 1. The first-order valence-electron chi connectivity index (χ1n) is 9.88. The van der Waals surface area contributed by atoms with E-state index in [1.54, 1.807) is 7.11 Å². The number of nitrogens with zero attached hydrogens (tertiary/aromatic N) is 2. The summed E-state index contributed by atoms with van der Waals surface area (Å²) in [5.74, 6) is 1.75. The third kappa shape index (κ3) is 6.62. The van der Waals surface area contributed by atoms with Crippen LogP contribution in [0.15, 0.2) is 23.2 Å². The topological polar surface area (TPSA) is 75.2 Å². The Kier molecular flexibility index (Phi) is 7.54. The summed E-state index contributed by atoms with van der Waals surface area (Å²) in [6, 6.07) is 6.17. The van der Waals surface area contributed by atoms with Crippen LogP contribution in [-0.2, 0) is 11.3 Å². The predicted molar refractivity (Wildman–Crippen MR) is 112 cm³/mol. The Balaban J connectivity index is 1.97. The highest BCUT2D eigenvalue weighted by Gasteiger charge is 2.27. The van der Waals surface area contributed by atoms with E-state index < -0.39 is 5.60 Å². The molecule has 7 heteroatoms. The minimum absolute atomic E-state index is 0.0573. The lowest BCUT2D eigenvalue weighted by molar-refractivity contribution is 0.0507. The smallest absolute Gasteiger partial charge is 0.407 e. The summed E-state index contributed by atoms with van der Waals surface area (Å²) >= 11 is 0. The number of guanidine groups is 1. The molecule has 1 aliphatic rings. The second-order valence-electron chi connectivity index (χ2n) is 8.05. The summed E-state index contributed by atoms with van der Waals surface area (Å²) < 4.78 is 10.7. The SMILES string of the molecule is CCNC(=NCc1ccc(OC)c(C)c1)N1CCC(NC(=O)OC(C)(C)C)C1. The standard InChI is InChI=1S/C21H34N4O3/c1-7-22-19(23-13-16-8-9-18(27-6)15(2)12-16)25-11-10-17(14-25)24-20(26)28-21(3,4)5/h8-9,12,17H,7,10-11,13-14H2,1-6H3,(H,22,23)(H,24,26). The van der Waals surface area contributed by atoms with Crippen LogP contribution in [0.25, 0.3) is 0 Å². The molecule has 0 aromatic heterocycles. The van der Waals surface area contributed by atoms with Gasteiger partial charge in [0.05, 0.1) is 19.7 Å². The van der Waals surface area contributed by atoms with Gasteiger partial charge in [0.15, 0.2) is 5.96 Å². The molecule has 0 radical (unpaired) electrons. The molecule has 1 fully saturated rings. The minimum Gasteiger partial charge on any atom is -0.496 e. The minimum atomic E-state index is -0.491. The van der Waals surface area contributed by atoms with Gasteiger partial charge >= 0.3 is 6.09 Å². The van der Waals surface area contributed by atoms with Gasteiger partial charge in [-0.15, -0.1) is 0 Å². The Morgan fingerprint density at radius 3 is 2.71 bits per heavy atom. The number of methoxy groups -OCH3 is 1. The molecule has 1 amide bonds. The molecule has 1 atom stereocenters. The number of ether oxygens (including phenoxy) is 2. The van der Waals surface area contributed by atoms with Gasteiger partial charge < -0.3 is 25.0 Å². The predicted octanol–water partition coefficient (Wildman–Crippen LogP) is 3.07. The number of hydrogen-bond donors (Lipinski definition) is 2. The molecule has 1 saturated heterocycles. The van der Waals surface area contributed by atoms with E-state index >= 15 is 0 Å². The van der Waals surface area contributed by atoms with Crippen LogP contribution < -0.4 is 15.4 Å². The summed E-state index contributed by atoms with van der Waals surface area (Å²) in [7, 11) is 1.68. The molecule has 0 saturated carbocycles. The van der Waals surface area contributed by atoms with Crippen molar-refractivity contribution in [2.75, 3.05) is 26.7 Å². The van der Waals surface area contributed by atoms with Crippen molar-refractivity contribution < 1.29 is 14.3 Å². The number of hydrogen-bond acceptors (Lipinski definition) is 4. The maximum Gasteiger partial charge on any atom is 0.407 e. The molecular weight excluding hydrogens is 356 g/mol. The summed E-state index contributed by atoms with van der Waals surface area (Å²) in [5.41, 5.74) is 1.74. The van der Waals surface area contributed by atoms with E-state index in [1.807, 2.05) is 39.8 Å². The van der Waals surface area contributed by atoms with E-state index in [2.05, 4.69) is 28.5 Å². The number of carbonyl (C=O) groups excluding carboxylic acids is 1. The van der Waals surface area contributed by atoms with Gasteiger partial charge in [-0.05, 0) is 58.2 Å². The van der Waals surface area contributed by atoms with Crippen molar-refractivity contribution in [1.82, 2.24) is 15.5 Å². The first-order chi connectivity index (χ1) is 13.2. The number of rotatable bonds is 5. The quantitative estimate of drug-likeness (QED) is 0.597. The van der Waals surface area contributed by atoms with E-state index in [0.717, 1.165) is 42.3 Å². The Labute approximate surface area is 168 Å². The molecule has 2 N–H and O–H groups in total. The number of benzene rings is 1. The van der Waals surface area contributed by atoms with E-state index in [1.165, 1.54) is 0 Å². The third-order valence-corrected chi connectivity index (χ3v) is 4.41. The molecule has 28 heavy (non-hydrogen) atoms. The van der Waals surface area contributed by atoms with Gasteiger partial charge in [0.1, 0.15) is 11.4 Å². The number of amides is 1. The lowest BCUT2D eigenvalue weighted by Gasteiger charge is -2.23. The molecule has 1 aromatic carbocycles. The van der Waals surface area contributed by atoms with Crippen LogP contribution in [0.4, 0.5) is 4.79 Å². The second-order valence-corrected chi connectivity index (χ2v) is 8.05. The first kappa shape index (κ1) is 21.9.